The topological polar surface area (TPSA) is 90.2 Å². The molecule has 144 valence electrons. The third-order valence-corrected chi connectivity index (χ3v) is 4.86. The number of carbonyl (C=O) groups excluding carboxylic acids is 1. The lowest BCUT2D eigenvalue weighted by molar-refractivity contribution is -0.135. The molecule has 1 N–H and O–H groups in total. The lowest BCUT2D eigenvalue weighted by Gasteiger charge is -2.08. The molecule has 0 radical (unpaired) electrons. The van der Waals surface area contributed by atoms with Gasteiger partial charge in [-0.15, -0.1) is 0 Å². The van der Waals surface area contributed by atoms with Crippen LogP contribution in [0, 0.1) is 0 Å². The lowest BCUT2D eigenvalue weighted by Crippen LogP contribution is -2.10. The number of aliphatic imine (C=N–C) groups is 1. The molecule has 0 spiro atoms. The molecule has 1 aromatic carbocycles. The van der Waals surface area contributed by atoms with Gasteiger partial charge < -0.3 is 19.3 Å². The molecule has 2 heterocycles. The van der Waals surface area contributed by atoms with E-state index in [1.807, 2.05) is 6.07 Å². The zero-order valence-electron chi connectivity index (χ0n) is 15.5. The van der Waals surface area contributed by atoms with Gasteiger partial charge in [-0.05, 0) is 30.3 Å². The minimum Gasteiger partial charge on any atom is -0.506 e. The molecular formula is C20H18N2O5S. The Morgan fingerprint density at radius 3 is 2.57 bits per heavy atom. The number of carbonyl (C=O) groups is 1. The number of thioether (sulfide) groups is 1. The fourth-order valence-corrected chi connectivity index (χ4v) is 3.52. The Bertz CT molecular complexity index is 983. The number of aliphatic hydroxyl groups is 1. The zero-order chi connectivity index (χ0) is 20.1. The summed E-state index contributed by atoms with van der Waals surface area (Å²) in [4.78, 5) is 21.4. The molecule has 0 bridgehead atoms. The Kier molecular flexibility index (Phi) is 6.00. The summed E-state index contributed by atoms with van der Waals surface area (Å²) >= 11 is 1.16. The highest BCUT2D eigenvalue weighted by Gasteiger charge is 2.33. The van der Waals surface area contributed by atoms with E-state index in [9.17, 15) is 9.90 Å². The Morgan fingerprint density at radius 1 is 1.14 bits per heavy atom. The molecule has 0 atom stereocenters. The quantitative estimate of drug-likeness (QED) is 0.764. The highest BCUT2D eigenvalue weighted by molar-refractivity contribution is 8.18. The number of aliphatic hydroxyl groups excluding tert-OH is 1. The average Bonchev–Trinajstić information content (AvgIpc) is 3.02. The predicted octanol–water partition coefficient (Wildman–Crippen LogP) is 3.90. The third-order valence-electron chi connectivity index (χ3n) is 3.84. The van der Waals surface area contributed by atoms with Gasteiger partial charge in [0.15, 0.2) is 11.5 Å². The van der Waals surface area contributed by atoms with Crippen LogP contribution in [0.15, 0.2) is 63.8 Å². The van der Waals surface area contributed by atoms with Gasteiger partial charge in [-0.1, -0.05) is 17.8 Å². The van der Waals surface area contributed by atoms with Crippen molar-refractivity contribution in [3.05, 3.63) is 64.5 Å². The van der Waals surface area contributed by atoms with Crippen molar-refractivity contribution in [3.8, 4) is 11.5 Å². The fourth-order valence-electron chi connectivity index (χ4n) is 2.50. The largest absolute Gasteiger partial charge is 0.506 e. The van der Waals surface area contributed by atoms with Crippen molar-refractivity contribution in [1.29, 1.82) is 0 Å². The summed E-state index contributed by atoms with van der Waals surface area (Å²) in [6, 6.07) is 10.5. The van der Waals surface area contributed by atoms with Gasteiger partial charge in [0.2, 0.25) is 0 Å². The SMILES string of the molecule is COC(=O)C1=C(O)/C(=C\c2ccccn2)SC1=Nc1ccc(OC)c(OC)c1. The predicted molar refractivity (Wildman–Crippen MR) is 108 cm³/mol. The molecule has 3 rings (SSSR count). The van der Waals surface area contributed by atoms with Crippen LogP contribution in [0.3, 0.4) is 0 Å². The van der Waals surface area contributed by atoms with E-state index < -0.39 is 5.97 Å². The van der Waals surface area contributed by atoms with Crippen LogP contribution in [-0.2, 0) is 9.53 Å². The number of hydrogen-bond acceptors (Lipinski definition) is 8. The molecule has 28 heavy (non-hydrogen) atoms. The Labute approximate surface area is 166 Å². The van der Waals surface area contributed by atoms with Crippen molar-refractivity contribution in [3.63, 3.8) is 0 Å². The maximum Gasteiger partial charge on any atom is 0.344 e. The first kappa shape index (κ1) is 19.5. The summed E-state index contributed by atoms with van der Waals surface area (Å²) in [5, 5.41) is 10.9. The first-order valence-electron chi connectivity index (χ1n) is 8.21. The molecule has 1 aliphatic heterocycles. The molecule has 0 fully saturated rings. The fraction of sp³-hybridized carbons (Fsp3) is 0.150. The summed E-state index contributed by atoms with van der Waals surface area (Å²) in [5.74, 6) is 0.202. The minimum atomic E-state index is -0.673. The molecule has 0 saturated heterocycles. The number of rotatable bonds is 5. The van der Waals surface area contributed by atoms with Gasteiger partial charge in [0.05, 0.1) is 37.6 Å². The van der Waals surface area contributed by atoms with E-state index in [-0.39, 0.29) is 11.3 Å². The van der Waals surface area contributed by atoms with Crippen LogP contribution in [-0.4, -0.2) is 42.4 Å². The van der Waals surface area contributed by atoms with Crippen LogP contribution < -0.4 is 9.47 Å². The van der Waals surface area contributed by atoms with Crippen LogP contribution in [0.5, 0.6) is 11.5 Å². The molecule has 1 aromatic heterocycles. The summed E-state index contributed by atoms with van der Waals surface area (Å²) in [6.45, 7) is 0. The summed E-state index contributed by atoms with van der Waals surface area (Å²) in [7, 11) is 4.32. The molecule has 1 aliphatic rings. The van der Waals surface area contributed by atoms with Crippen LogP contribution in [0.25, 0.3) is 6.08 Å². The Hall–Kier alpha value is -3.26. The van der Waals surface area contributed by atoms with Crippen molar-refractivity contribution in [2.24, 2.45) is 4.99 Å². The van der Waals surface area contributed by atoms with Crippen molar-refractivity contribution in [2.45, 2.75) is 0 Å². The van der Waals surface area contributed by atoms with Gasteiger partial charge >= 0.3 is 5.97 Å². The lowest BCUT2D eigenvalue weighted by atomic mass is 10.2. The van der Waals surface area contributed by atoms with Gasteiger partial charge in [0, 0.05) is 12.3 Å². The van der Waals surface area contributed by atoms with E-state index in [4.69, 9.17) is 14.2 Å². The smallest absolute Gasteiger partial charge is 0.344 e. The van der Waals surface area contributed by atoms with Crippen molar-refractivity contribution >= 4 is 34.5 Å². The van der Waals surface area contributed by atoms with Gasteiger partial charge in [0.1, 0.15) is 16.4 Å². The summed E-state index contributed by atoms with van der Waals surface area (Å²) in [5.41, 5.74) is 1.19. The first-order valence-corrected chi connectivity index (χ1v) is 9.02. The maximum atomic E-state index is 12.2. The zero-order valence-corrected chi connectivity index (χ0v) is 16.3. The van der Waals surface area contributed by atoms with Crippen LogP contribution >= 0.6 is 11.8 Å². The molecule has 7 nitrogen and oxygen atoms in total. The Morgan fingerprint density at radius 2 is 1.93 bits per heavy atom. The number of pyridine rings is 1. The van der Waals surface area contributed by atoms with Gasteiger partial charge in [-0.3, -0.25) is 4.98 Å². The minimum absolute atomic E-state index is 0.00414. The molecule has 0 saturated carbocycles. The highest BCUT2D eigenvalue weighted by Crippen LogP contribution is 2.41. The van der Waals surface area contributed by atoms with Gasteiger partial charge in [-0.2, -0.15) is 0 Å². The summed E-state index contributed by atoms with van der Waals surface area (Å²) in [6.07, 6.45) is 3.33. The molecule has 0 unspecified atom stereocenters. The third kappa shape index (κ3) is 4.01. The number of hydrogen-bond donors (Lipinski definition) is 1. The molecule has 8 heteroatoms. The number of aromatic nitrogens is 1. The summed E-state index contributed by atoms with van der Waals surface area (Å²) < 4.78 is 15.3. The number of benzene rings is 1. The van der Waals surface area contributed by atoms with Gasteiger partial charge in [0.25, 0.3) is 0 Å². The molecule has 2 aromatic rings. The Balaban J connectivity index is 2.04. The molecule has 0 aliphatic carbocycles. The second-order valence-electron chi connectivity index (χ2n) is 5.54. The van der Waals surface area contributed by atoms with Crippen molar-refractivity contribution in [2.75, 3.05) is 21.3 Å². The van der Waals surface area contributed by atoms with E-state index >= 15 is 0 Å². The van der Waals surface area contributed by atoms with Crippen LogP contribution in [0.2, 0.25) is 0 Å². The van der Waals surface area contributed by atoms with E-state index in [1.54, 1.807) is 49.7 Å². The number of methoxy groups -OCH3 is 3. The average molecular weight is 398 g/mol. The maximum absolute atomic E-state index is 12.2. The van der Waals surface area contributed by atoms with E-state index in [0.717, 1.165) is 11.8 Å². The first-order chi connectivity index (χ1) is 13.6. The molecule has 0 amide bonds. The number of esters is 1. The number of nitrogens with zero attached hydrogens (tertiary/aromatic N) is 2. The standard InChI is InChI=1S/C20H18N2O5S/c1-25-14-8-7-13(10-15(14)26-2)22-19-17(20(24)27-3)18(23)16(28-19)11-12-6-4-5-9-21-12/h4-11,23H,1-3H3/b16-11+,22-19?. The van der Waals surface area contributed by atoms with Crippen molar-refractivity contribution < 1.29 is 24.1 Å². The monoisotopic (exact) mass is 398 g/mol. The molecular weight excluding hydrogens is 380 g/mol. The normalized spacial score (nSPS) is 16.5. The van der Waals surface area contributed by atoms with Crippen molar-refractivity contribution in [1.82, 2.24) is 4.98 Å². The van der Waals surface area contributed by atoms with Crippen LogP contribution in [0.1, 0.15) is 5.69 Å². The number of ether oxygens (including phenoxy) is 3. The highest BCUT2D eigenvalue weighted by atomic mass is 32.2. The van der Waals surface area contributed by atoms with Crippen LogP contribution in [0.4, 0.5) is 5.69 Å². The van der Waals surface area contributed by atoms with E-state index in [1.165, 1.54) is 14.2 Å². The van der Waals surface area contributed by atoms with E-state index in [2.05, 4.69) is 9.98 Å². The van der Waals surface area contributed by atoms with Gasteiger partial charge in [-0.25, -0.2) is 9.79 Å². The van der Waals surface area contributed by atoms with E-state index in [0.29, 0.717) is 32.8 Å². The second kappa shape index (κ2) is 8.62. The second-order valence-corrected chi connectivity index (χ2v) is 6.57.